The average molecular weight is 259 g/mol. The van der Waals surface area contributed by atoms with E-state index in [2.05, 4.69) is 11.9 Å². The number of allylic oxidation sites excluding steroid dienone is 2. The first-order valence-electron chi connectivity index (χ1n) is 5.87. The van der Waals surface area contributed by atoms with Crippen molar-refractivity contribution >= 4 is 11.7 Å². The van der Waals surface area contributed by atoms with Crippen LogP contribution < -0.4 is 5.32 Å². The van der Waals surface area contributed by atoms with E-state index in [1.54, 1.807) is 24.3 Å². The molecule has 1 aromatic carbocycles. The fourth-order valence-corrected chi connectivity index (χ4v) is 2.08. The van der Waals surface area contributed by atoms with E-state index in [-0.39, 0.29) is 17.8 Å². The number of carboxylic acid groups (broad SMARTS) is 1. The van der Waals surface area contributed by atoms with Crippen molar-refractivity contribution in [3.05, 3.63) is 66.5 Å². The Morgan fingerprint density at radius 1 is 1.21 bits per heavy atom. The summed E-state index contributed by atoms with van der Waals surface area (Å²) in [5.41, 5.74) is 1.54. The van der Waals surface area contributed by atoms with Gasteiger partial charge in [0.25, 0.3) is 0 Å². The number of hydrogen-bond donors (Lipinski definition) is 2. The lowest BCUT2D eigenvalue weighted by atomic mass is 9.85. The molecular formula is C15H14FNO2. The maximum atomic E-state index is 12.9. The molecule has 0 bridgehead atoms. The number of rotatable bonds is 3. The molecule has 2 N–H and O–H groups in total. The van der Waals surface area contributed by atoms with Gasteiger partial charge in [-0.3, -0.25) is 0 Å². The largest absolute Gasteiger partial charge is 0.465 e. The smallest absolute Gasteiger partial charge is 0.405 e. The van der Waals surface area contributed by atoms with Crippen molar-refractivity contribution < 1.29 is 14.3 Å². The van der Waals surface area contributed by atoms with Crippen molar-refractivity contribution in [3.8, 4) is 0 Å². The Bertz CT molecular complexity index is 546. The lowest BCUT2D eigenvalue weighted by molar-refractivity contribution is 0.191. The summed E-state index contributed by atoms with van der Waals surface area (Å²) in [6.07, 6.45) is 6.20. The summed E-state index contributed by atoms with van der Waals surface area (Å²) in [6.45, 7) is 4.00. The van der Waals surface area contributed by atoms with Crippen LogP contribution in [0.5, 0.6) is 0 Å². The van der Waals surface area contributed by atoms with Crippen LogP contribution in [0, 0.1) is 11.7 Å². The lowest BCUT2D eigenvalue weighted by Crippen LogP contribution is -2.38. The number of hydrogen-bond acceptors (Lipinski definition) is 1. The quantitative estimate of drug-likeness (QED) is 0.875. The van der Waals surface area contributed by atoms with Gasteiger partial charge in [-0.1, -0.05) is 43.0 Å². The summed E-state index contributed by atoms with van der Waals surface area (Å²) < 4.78 is 12.9. The third-order valence-corrected chi connectivity index (χ3v) is 3.04. The zero-order valence-corrected chi connectivity index (χ0v) is 10.2. The Kier molecular flexibility index (Phi) is 3.80. The first-order chi connectivity index (χ1) is 9.08. The van der Waals surface area contributed by atoms with Crippen LogP contribution in [-0.2, 0) is 0 Å². The second-order valence-electron chi connectivity index (χ2n) is 4.30. The summed E-state index contributed by atoms with van der Waals surface area (Å²) in [6, 6.07) is 5.65. The van der Waals surface area contributed by atoms with Crippen LogP contribution in [0.4, 0.5) is 9.18 Å². The van der Waals surface area contributed by atoms with E-state index in [9.17, 15) is 9.18 Å². The first-order valence-corrected chi connectivity index (χ1v) is 5.87. The summed E-state index contributed by atoms with van der Waals surface area (Å²) in [4.78, 5) is 10.8. The number of amides is 1. The molecule has 2 rings (SSSR count). The van der Waals surface area contributed by atoms with Gasteiger partial charge in [-0.25, -0.2) is 9.18 Å². The van der Waals surface area contributed by atoms with Gasteiger partial charge >= 0.3 is 6.09 Å². The molecule has 2 unspecified atom stereocenters. The number of halogens is 1. The summed E-state index contributed by atoms with van der Waals surface area (Å²) in [7, 11) is 0. The SMILES string of the molecule is C=C(c1ccc(F)cc1)C1C=CC=CC1NC(=O)O. The molecule has 1 aliphatic rings. The van der Waals surface area contributed by atoms with Crippen LogP contribution in [0.1, 0.15) is 5.56 Å². The van der Waals surface area contributed by atoms with E-state index in [4.69, 9.17) is 5.11 Å². The normalized spacial score (nSPS) is 21.1. The van der Waals surface area contributed by atoms with Crippen molar-refractivity contribution in [1.29, 1.82) is 0 Å². The zero-order chi connectivity index (χ0) is 13.8. The number of nitrogens with one attached hydrogen (secondary N) is 1. The Hall–Kier alpha value is -2.36. The highest BCUT2D eigenvalue weighted by Gasteiger charge is 2.23. The van der Waals surface area contributed by atoms with E-state index < -0.39 is 6.09 Å². The third kappa shape index (κ3) is 3.10. The van der Waals surface area contributed by atoms with Crippen molar-refractivity contribution in [2.24, 2.45) is 5.92 Å². The Morgan fingerprint density at radius 3 is 2.47 bits per heavy atom. The van der Waals surface area contributed by atoms with Crippen LogP contribution in [0.15, 0.2) is 55.1 Å². The van der Waals surface area contributed by atoms with Gasteiger partial charge in [-0.2, -0.15) is 0 Å². The predicted octanol–water partition coefficient (Wildman–Crippen LogP) is 3.22. The maximum Gasteiger partial charge on any atom is 0.405 e. The third-order valence-electron chi connectivity index (χ3n) is 3.04. The molecule has 0 fully saturated rings. The van der Waals surface area contributed by atoms with Gasteiger partial charge in [-0.15, -0.1) is 0 Å². The minimum Gasteiger partial charge on any atom is -0.465 e. The van der Waals surface area contributed by atoms with Crippen LogP contribution in [0.3, 0.4) is 0 Å². The molecule has 3 nitrogen and oxygen atoms in total. The highest BCUT2D eigenvalue weighted by Crippen LogP contribution is 2.28. The van der Waals surface area contributed by atoms with Crippen LogP contribution in [0.25, 0.3) is 5.57 Å². The molecule has 2 atom stereocenters. The summed E-state index contributed by atoms with van der Waals surface area (Å²) in [5, 5.41) is 11.3. The van der Waals surface area contributed by atoms with Gasteiger partial charge in [-0.05, 0) is 23.3 Å². The number of carbonyl (C=O) groups is 1. The molecule has 0 radical (unpaired) electrons. The molecule has 0 aromatic heterocycles. The molecule has 98 valence electrons. The van der Waals surface area contributed by atoms with Crippen molar-refractivity contribution in [2.45, 2.75) is 6.04 Å². The fraction of sp³-hybridized carbons (Fsp3) is 0.133. The second-order valence-corrected chi connectivity index (χ2v) is 4.30. The molecule has 0 heterocycles. The minimum absolute atomic E-state index is 0.174. The van der Waals surface area contributed by atoms with E-state index in [0.717, 1.165) is 11.1 Å². The fourth-order valence-electron chi connectivity index (χ4n) is 2.08. The first kappa shape index (κ1) is 13.1. The Morgan fingerprint density at radius 2 is 1.84 bits per heavy atom. The molecule has 0 saturated carbocycles. The minimum atomic E-state index is -1.08. The summed E-state index contributed by atoms with van der Waals surface area (Å²) >= 11 is 0. The monoisotopic (exact) mass is 259 g/mol. The van der Waals surface area contributed by atoms with E-state index in [0.29, 0.717) is 0 Å². The van der Waals surface area contributed by atoms with Gasteiger partial charge in [0, 0.05) is 5.92 Å². The highest BCUT2D eigenvalue weighted by molar-refractivity contribution is 5.71. The predicted molar refractivity (Wildman–Crippen MR) is 72.2 cm³/mol. The second kappa shape index (κ2) is 5.52. The zero-order valence-electron chi connectivity index (χ0n) is 10.2. The highest BCUT2D eigenvalue weighted by atomic mass is 19.1. The Balaban J connectivity index is 2.21. The van der Waals surface area contributed by atoms with Crippen molar-refractivity contribution in [2.75, 3.05) is 0 Å². The van der Waals surface area contributed by atoms with Crippen LogP contribution in [0.2, 0.25) is 0 Å². The topological polar surface area (TPSA) is 49.3 Å². The maximum absolute atomic E-state index is 12.9. The molecule has 1 aliphatic carbocycles. The van der Waals surface area contributed by atoms with E-state index in [1.165, 1.54) is 12.1 Å². The van der Waals surface area contributed by atoms with Gasteiger partial charge in [0.05, 0.1) is 6.04 Å². The lowest BCUT2D eigenvalue weighted by Gasteiger charge is -2.26. The average Bonchev–Trinajstić information content (AvgIpc) is 2.39. The van der Waals surface area contributed by atoms with Crippen molar-refractivity contribution in [3.63, 3.8) is 0 Å². The molecule has 19 heavy (non-hydrogen) atoms. The van der Waals surface area contributed by atoms with E-state index in [1.807, 2.05) is 12.2 Å². The molecule has 0 spiro atoms. The molecule has 1 aromatic rings. The van der Waals surface area contributed by atoms with Gasteiger partial charge in [0.1, 0.15) is 5.82 Å². The molecule has 4 heteroatoms. The van der Waals surface area contributed by atoms with Crippen molar-refractivity contribution in [1.82, 2.24) is 5.32 Å². The van der Waals surface area contributed by atoms with Gasteiger partial charge in [0.15, 0.2) is 0 Å². The van der Waals surface area contributed by atoms with Crippen LogP contribution in [-0.4, -0.2) is 17.2 Å². The van der Waals surface area contributed by atoms with Crippen LogP contribution >= 0.6 is 0 Å². The molecule has 0 aliphatic heterocycles. The van der Waals surface area contributed by atoms with Gasteiger partial charge < -0.3 is 10.4 Å². The molecular weight excluding hydrogens is 245 g/mol. The standard InChI is InChI=1S/C15H14FNO2/c1-10(11-6-8-12(16)9-7-11)13-4-2-3-5-14(13)17-15(18)19/h2-9,13-14,17H,1H2,(H,18,19). The molecule has 1 amide bonds. The van der Waals surface area contributed by atoms with Gasteiger partial charge in [0.2, 0.25) is 0 Å². The summed E-state index contributed by atoms with van der Waals surface area (Å²) in [5.74, 6) is -0.484. The Labute approximate surface area is 110 Å². The molecule has 0 saturated heterocycles. The van der Waals surface area contributed by atoms with E-state index >= 15 is 0 Å². The number of benzene rings is 1.